The molecule has 5 aliphatic carbocycles. The monoisotopic (exact) mass is 508 g/mol. The van der Waals surface area contributed by atoms with Gasteiger partial charge in [0.15, 0.2) is 0 Å². The maximum atomic E-state index is 14.0. The SMILES string of the molecule is C=C1CC[C@@H](C(=C)C(=O)O)CC2C1CC(=O)[C@]21CC[C@]2(O)[C@@H]3[C@H]4OC(=O)C(=C)[C@@H]4CCC(=C)[C@@H]3C[C@]12O. The smallest absolute Gasteiger partial charge is 0.334 e. The van der Waals surface area contributed by atoms with Crippen molar-refractivity contribution >= 4 is 17.7 Å². The van der Waals surface area contributed by atoms with Crippen molar-refractivity contribution in [3.05, 3.63) is 48.6 Å². The third-order valence-corrected chi connectivity index (χ3v) is 11.5. The van der Waals surface area contributed by atoms with E-state index in [1.54, 1.807) is 0 Å². The number of esters is 1. The molecule has 2 unspecified atom stereocenters. The van der Waals surface area contributed by atoms with E-state index in [0.717, 1.165) is 11.1 Å². The number of allylic oxidation sites excluding steroid dienone is 2. The summed E-state index contributed by atoms with van der Waals surface area (Å²) in [5.74, 6) is -3.57. The standard InChI is InChI=1S/C30H36O7/c1-14-5-7-18(16(3)26(32)33)11-22-20(14)12-23(31)28(22)9-10-29(35)24-21(13-30(28,29)36)15(2)6-8-19-17(4)27(34)37-25(19)24/h18-22,24-25,35-36H,1-13H2,(H,32,33)/t18-,19+,20?,21+,22?,24+,25+,28+,29+,30+/m1/s1. The van der Waals surface area contributed by atoms with E-state index in [4.69, 9.17) is 4.74 Å². The number of fused-ring (bicyclic) bond motifs is 8. The van der Waals surface area contributed by atoms with E-state index < -0.39 is 40.6 Å². The highest BCUT2D eigenvalue weighted by Crippen LogP contribution is 2.73. The molecule has 1 heterocycles. The average molecular weight is 509 g/mol. The zero-order chi connectivity index (χ0) is 26.7. The van der Waals surface area contributed by atoms with Crippen molar-refractivity contribution < 1.29 is 34.4 Å². The van der Waals surface area contributed by atoms with Crippen molar-refractivity contribution in [3.8, 4) is 0 Å². The third kappa shape index (κ3) is 2.87. The highest BCUT2D eigenvalue weighted by atomic mass is 16.6. The van der Waals surface area contributed by atoms with Crippen LogP contribution in [-0.2, 0) is 19.1 Å². The normalized spacial score (nSPS) is 48.7. The molecule has 6 aliphatic rings. The first-order valence-electron chi connectivity index (χ1n) is 13.5. The Morgan fingerprint density at radius 2 is 1.65 bits per heavy atom. The summed E-state index contributed by atoms with van der Waals surface area (Å²) in [4.78, 5) is 38.4. The van der Waals surface area contributed by atoms with Gasteiger partial charge in [0, 0.05) is 29.4 Å². The minimum atomic E-state index is -1.74. The number of hydrogen-bond donors (Lipinski definition) is 3. The van der Waals surface area contributed by atoms with Crippen molar-refractivity contribution in [3.63, 3.8) is 0 Å². The first-order valence-corrected chi connectivity index (χ1v) is 13.5. The highest BCUT2D eigenvalue weighted by Gasteiger charge is 2.81. The molecule has 1 aliphatic heterocycles. The first kappa shape index (κ1) is 24.8. The molecular formula is C30H36O7. The fourth-order valence-corrected chi connectivity index (χ4v) is 9.68. The van der Waals surface area contributed by atoms with E-state index in [2.05, 4.69) is 26.3 Å². The van der Waals surface area contributed by atoms with Gasteiger partial charge in [-0.3, -0.25) is 4.79 Å². The molecule has 37 heavy (non-hydrogen) atoms. The van der Waals surface area contributed by atoms with Crippen LogP contribution in [0.25, 0.3) is 0 Å². The molecule has 3 N–H and O–H groups in total. The van der Waals surface area contributed by atoms with E-state index >= 15 is 0 Å². The van der Waals surface area contributed by atoms with Crippen LogP contribution in [0.4, 0.5) is 0 Å². The Labute approximate surface area is 217 Å². The van der Waals surface area contributed by atoms with Crippen molar-refractivity contribution in [1.29, 1.82) is 0 Å². The number of ether oxygens (including phenoxy) is 1. The predicted octanol–water partition coefficient (Wildman–Crippen LogP) is 3.52. The lowest BCUT2D eigenvalue weighted by Crippen LogP contribution is -2.62. The number of carbonyl (C=O) groups is 3. The lowest BCUT2D eigenvalue weighted by atomic mass is 9.60. The van der Waals surface area contributed by atoms with Crippen LogP contribution in [-0.4, -0.2) is 50.3 Å². The number of aliphatic hydroxyl groups is 2. The highest BCUT2D eigenvalue weighted by molar-refractivity contribution is 5.92. The molecule has 0 aromatic rings. The minimum absolute atomic E-state index is 0.0740. The summed E-state index contributed by atoms with van der Waals surface area (Å²) >= 11 is 0. The van der Waals surface area contributed by atoms with Crippen LogP contribution in [0, 0.1) is 40.9 Å². The Bertz CT molecular complexity index is 1180. The van der Waals surface area contributed by atoms with Gasteiger partial charge in [0.05, 0.1) is 5.41 Å². The molecule has 0 radical (unpaired) electrons. The maximum Gasteiger partial charge on any atom is 0.334 e. The lowest BCUT2D eigenvalue weighted by molar-refractivity contribution is -0.199. The molecule has 198 valence electrons. The molecular weight excluding hydrogens is 472 g/mol. The number of aliphatic carboxylic acids is 1. The second kappa shape index (κ2) is 7.76. The fraction of sp³-hybridized carbons (Fsp3) is 0.633. The van der Waals surface area contributed by atoms with Gasteiger partial charge in [0.2, 0.25) is 0 Å². The number of carboxylic acids is 1. The van der Waals surface area contributed by atoms with Gasteiger partial charge in [0.1, 0.15) is 23.1 Å². The van der Waals surface area contributed by atoms with Gasteiger partial charge in [-0.2, -0.15) is 0 Å². The molecule has 10 atom stereocenters. The van der Waals surface area contributed by atoms with Gasteiger partial charge < -0.3 is 20.1 Å². The molecule has 7 heteroatoms. The number of Topliss-reactive ketones (excluding diaryl/α,β-unsaturated/α-hetero) is 1. The van der Waals surface area contributed by atoms with Crippen LogP contribution in [0.15, 0.2) is 48.6 Å². The lowest BCUT2D eigenvalue weighted by Gasteiger charge is -2.47. The zero-order valence-corrected chi connectivity index (χ0v) is 21.2. The van der Waals surface area contributed by atoms with Crippen LogP contribution in [0.3, 0.4) is 0 Å². The first-order chi connectivity index (χ1) is 17.4. The van der Waals surface area contributed by atoms with E-state index in [1.807, 2.05) is 0 Å². The summed E-state index contributed by atoms with van der Waals surface area (Å²) in [6.45, 7) is 16.4. The third-order valence-electron chi connectivity index (χ3n) is 11.5. The molecule has 7 nitrogen and oxygen atoms in total. The second-order valence-corrected chi connectivity index (χ2v) is 12.6. The van der Waals surface area contributed by atoms with Gasteiger partial charge >= 0.3 is 11.9 Å². The van der Waals surface area contributed by atoms with E-state index in [-0.39, 0.29) is 60.2 Å². The molecule has 0 bridgehead atoms. The van der Waals surface area contributed by atoms with Gasteiger partial charge in [-0.15, -0.1) is 0 Å². The van der Waals surface area contributed by atoms with Crippen molar-refractivity contribution in [2.24, 2.45) is 40.9 Å². The van der Waals surface area contributed by atoms with Gasteiger partial charge in [0.25, 0.3) is 0 Å². The topological polar surface area (TPSA) is 121 Å². The minimum Gasteiger partial charge on any atom is -0.478 e. The Morgan fingerprint density at radius 1 is 0.973 bits per heavy atom. The number of rotatable bonds is 2. The van der Waals surface area contributed by atoms with Crippen molar-refractivity contribution in [2.75, 3.05) is 0 Å². The summed E-state index contributed by atoms with van der Waals surface area (Å²) in [6.07, 6.45) is 3.20. The van der Waals surface area contributed by atoms with Crippen molar-refractivity contribution in [1.82, 2.24) is 0 Å². The van der Waals surface area contributed by atoms with E-state index in [0.29, 0.717) is 44.1 Å². The fourth-order valence-electron chi connectivity index (χ4n) is 9.68. The van der Waals surface area contributed by atoms with Crippen LogP contribution < -0.4 is 0 Å². The largest absolute Gasteiger partial charge is 0.478 e. The number of hydrogen-bond acceptors (Lipinski definition) is 6. The molecule has 1 saturated heterocycles. The Morgan fingerprint density at radius 3 is 2.35 bits per heavy atom. The number of carboxylic acid groups (broad SMARTS) is 1. The number of carbonyl (C=O) groups excluding carboxylic acids is 2. The summed E-state index contributed by atoms with van der Waals surface area (Å²) in [5, 5.41) is 34.9. The average Bonchev–Trinajstić information content (AvgIpc) is 3.37. The Balaban J connectivity index is 1.46. The van der Waals surface area contributed by atoms with Crippen LogP contribution in [0.5, 0.6) is 0 Å². The molecule has 6 rings (SSSR count). The zero-order valence-electron chi connectivity index (χ0n) is 21.2. The molecule has 5 saturated carbocycles. The van der Waals surface area contributed by atoms with Crippen LogP contribution >= 0.6 is 0 Å². The Kier molecular flexibility index (Phi) is 5.20. The molecule has 0 amide bonds. The quantitative estimate of drug-likeness (QED) is 0.296. The number of ketones is 1. The van der Waals surface area contributed by atoms with Crippen LogP contribution in [0.2, 0.25) is 0 Å². The van der Waals surface area contributed by atoms with Crippen molar-refractivity contribution in [2.45, 2.75) is 75.1 Å². The molecule has 0 aromatic carbocycles. The van der Waals surface area contributed by atoms with E-state index in [9.17, 15) is 29.7 Å². The summed E-state index contributed by atoms with van der Waals surface area (Å²) < 4.78 is 5.81. The van der Waals surface area contributed by atoms with E-state index in [1.165, 1.54) is 0 Å². The predicted molar refractivity (Wildman–Crippen MR) is 134 cm³/mol. The maximum absolute atomic E-state index is 14.0. The molecule has 0 aromatic heterocycles. The van der Waals surface area contributed by atoms with Gasteiger partial charge in [-0.1, -0.05) is 37.5 Å². The van der Waals surface area contributed by atoms with Gasteiger partial charge in [-0.25, -0.2) is 9.59 Å². The second-order valence-electron chi connectivity index (χ2n) is 12.6. The summed E-state index contributed by atoms with van der Waals surface area (Å²) in [6, 6.07) is 0. The Hall–Kier alpha value is -2.51. The van der Waals surface area contributed by atoms with Gasteiger partial charge in [-0.05, 0) is 75.0 Å². The molecule has 1 spiro atoms. The summed E-state index contributed by atoms with van der Waals surface area (Å²) in [5.41, 5.74) is -2.28. The summed E-state index contributed by atoms with van der Waals surface area (Å²) in [7, 11) is 0. The van der Waals surface area contributed by atoms with Crippen LogP contribution in [0.1, 0.15) is 57.8 Å². The molecule has 6 fully saturated rings.